The number of nitrogens with zero attached hydrogens (tertiary/aromatic N) is 1. The van der Waals surface area contributed by atoms with E-state index in [1.807, 2.05) is 6.07 Å². The van der Waals surface area contributed by atoms with E-state index >= 15 is 0 Å². The highest BCUT2D eigenvalue weighted by Crippen LogP contribution is 2.27. The third-order valence-electron chi connectivity index (χ3n) is 3.11. The molecule has 4 nitrogen and oxygen atoms in total. The summed E-state index contributed by atoms with van der Waals surface area (Å²) in [7, 11) is -3.60. The van der Waals surface area contributed by atoms with Crippen molar-refractivity contribution in [3.05, 3.63) is 34.9 Å². The summed E-state index contributed by atoms with van der Waals surface area (Å²) >= 11 is 5.74. The third kappa shape index (κ3) is 3.14. The Morgan fingerprint density at radius 2 is 1.79 bits per heavy atom. The highest BCUT2D eigenvalue weighted by atomic mass is 35.5. The van der Waals surface area contributed by atoms with Gasteiger partial charge in [0, 0.05) is 11.3 Å². The zero-order chi connectivity index (χ0) is 14.8. The van der Waals surface area contributed by atoms with Crippen molar-refractivity contribution in [2.45, 2.75) is 24.5 Å². The van der Waals surface area contributed by atoms with Crippen LogP contribution in [-0.2, 0) is 14.6 Å². The van der Waals surface area contributed by atoms with Gasteiger partial charge < -0.3 is 0 Å². The number of hydrogen-bond donors (Lipinski definition) is 0. The smallest absolute Gasteiger partial charge is 0.175 e. The molecular weight excluding hydrogens is 286 g/mol. The zero-order valence-corrected chi connectivity index (χ0v) is 12.4. The van der Waals surface area contributed by atoms with Gasteiger partial charge in [-0.1, -0.05) is 23.7 Å². The predicted molar refractivity (Wildman–Crippen MR) is 73.7 cm³/mol. The number of carbonyl (C=O) groups excluding carboxylic acids is 1. The molecule has 0 heterocycles. The van der Waals surface area contributed by atoms with Crippen LogP contribution in [0, 0.1) is 11.3 Å². The number of halogens is 1. The monoisotopic (exact) mass is 299 g/mol. The number of benzene rings is 1. The maximum absolute atomic E-state index is 12.3. The second-order valence-corrected chi connectivity index (χ2v) is 7.76. The molecule has 0 amide bonds. The molecule has 0 bridgehead atoms. The average Bonchev–Trinajstić information content (AvgIpc) is 2.30. The van der Waals surface area contributed by atoms with Gasteiger partial charge in [-0.15, -0.1) is 0 Å². The Balaban J connectivity index is 3.23. The van der Waals surface area contributed by atoms with E-state index in [1.165, 1.54) is 13.8 Å². The van der Waals surface area contributed by atoms with Crippen molar-refractivity contribution in [1.29, 1.82) is 5.26 Å². The van der Waals surface area contributed by atoms with Gasteiger partial charge in [0.05, 0.1) is 6.07 Å². The normalized spacial score (nSPS) is 13.6. The summed E-state index contributed by atoms with van der Waals surface area (Å²) in [6.45, 7) is 2.62. The fraction of sp³-hybridized carbons (Fsp3) is 0.385. The summed E-state index contributed by atoms with van der Waals surface area (Å²) in [5, 5.41) is 9.63. The summed E-state index contributed by atoms with van der Waals surface area (Å²) in [6, 6.07) is 8.07. The summed E-state index contributed by atoms with van der Waals surface area (Å²) in [6.07, 6.45) is 0.987. The van der Waals surface area contributed by atoms with Gasteiger partial charge in [0.1, 0.15) is 10.7 Å². The van der Waals surface area contributed by atoms with E-state index < -0.39 is 26.3 Å². The number of nitriles is 1. The minimum atomic E-state index is -3.60. The van der Waals surface area contributed by atoms with Crippen LogP contribution < -0.4 is 0 Å². The lowest BCUT2D eigenvalue weighted by molar-refractivity contribution is -0.121. The Kier molecular flexibility index (Phi) is 4.39. The van der Waals surface area contributed by atoms with Gasteiger partial charge in [-0.3, -0.25) is 4.79 Å². The van der Waals surface area contributed by atoms with Gasteiger partial charge in [-0.25, -0.2) is 8.42 Å². The molecule has 0 saturated carbocycles. The minimum Gasteiger partial charge on any atom is -0.296 e. The van der Waals surface area contributed by atoms with E-state index in [9.17, 15) is 13.2 Å². The Morgan fingerprint density at radius 3 is 2.16 bits per heavy atom. The fourth-order valence-corrected chi connectivity index (χ4v) is 2.08. The second-order valence-electron chi connectivity index (χ2n) is 4.76. The van der Waals surface area contributed by atoms with Crippen LogP contribution in [0.3, 0.4) is 0 Å². The van der Waals surface area contributed by atoms with E-state index in [0.717, 1.165) is 6.26 Å². The van der Waals surface area contributed by atoms with Crippen molar-refractivity contribution in [2.24, 2.45) is 0 Å². The molecule has 0 saturated heterocycles. The largest absolute Gasteiger partial charge is 0.296 e. The summed E-state index contributed by atoms with van der Waals surface area (Å²) in [5.41, 5.74) is 0.439. The lowest BCUT2D eigenvalue weighted by atomic mass is 9.89. The van der Waals surface area contributed by atoms with Crippen LogP contribution in [0.25, 0.3) is 0 Å². The first-order valence-corrected chi connectivity index (χ1v) is 7.77. The minimum absolute atomic E-state index is 0.439. The van der Waals surface area contributed by atoms with E-state index in [4.69, 9.17) is 16.9 Å². The first-order chi connectivity index (χ1) is 8.61. The standard InChI is InChI=1S/C13H14ClNO3S/c1-13(2,19(3,17)18)12(16)11(8-15)9-4-6-10(14)7-5-9/h4-7,11H,1-3H3. The first-order valence-electron chi connectivity index (χ1n) is 5.50. The van der Waals surface area contributed by atoms with Crippen LogP contribution >= 0.6 is 11.6 Å². The molecule has 0 fully saturated rings. The summed E-state index contributed by atoms with van der Waals surface area (Å²) < 4.78 is 21.7. The van der Waals surface area contributed by atoms with E-state index in [2.05, 4.69) is 0 Å². The molecule has 1 rings (SSSR count). The molecule has 102 valence electrons. The Hall–Kier alpha value is -1.38. The maximum Gasteiger partial charge on any atom is 0.175 e. The maximum atomic E-state index is 12.3. The van der Waals surface area contributed by atoms with Crippen LogP contribution in [0.15, 0.2) is 24.3 Å². The van der Waals surface area contributed by atoms with Gasteiger partial charge >= 0.3 is 0 Å². The van der Waals surface area contributed by atoms with Crippen molar-refractivity contribution in [1.82, 2.24) is 0 Å². The lowest BCUT2D eigenvalue weighted by Crippen LogP contribution is -2.42. The number of sulfone groups is 1. The number of rotatable bonds is 4. The molecule has 1 aromatic carbocycles. The van der Waals surface area contributed by atoms with E-state index in [-0.39, 0.29) is 0 Å². The highest BCUT2D eigenvalue weighted by molar-refractivity contribution is 7.92. The Morgan fingerprint density at radius 1 is 1.32 bits per heavy atom. The van der Waals surface area contributed by atoms with Crippen LogP contribution in [-0.4, -0.2) is 25.2 Å². The molecule has 0 radical (unpaired) electrons. The van der Waals surface area contributed by atoms with Crippen LogP contribution in [0.5, 0.6) is 0 Å². The molecule has 1 atom stereocenters. The van der Waals surface area contributed by atoms with Gasteiger partial charge in [0.15, 0.2) is 15.6 Å². The number of ketones is 1. The van der Waals surface area contributed by atoms with Crippen LogP contribution in [0.1, 0.15) is 25.3 Å². The summed E-state index contributed by atoms with van der Waals surface area (Å²) in [5.74, 6) is -1.76. The van der Waals surface area contributed by atoms with E-state index in [0.29, 0.717) is 10.6 Å². The lowest BCUT2D eigenvalue weighted by Gasteiger charge is -2.23. The SMILES string of the molecule is CC(C)(C(=O)C(C#N)c1ccc(Cl)cc1)S(C)(=O)=O. The first kappa shape index (κ1) is 15.7. The Labute approximate surface area is 117 Å². The van der Waals surface area contributed by atoms with Crippen molar-refractivity contribution in [3.8, 4) is 6.07 Å². The molecule has 0 aromatic heterocycles. The quantitative estimate of drug-likeness (QED) is 0.855. The molecule has 0 N–H and O–H groups in total. The number of Topliss-reactive ketones (excluding diaryl/α,β-unsaturated/α-hetero) is 1. The summed E-state index contributed by atoms with van der Waals surface area (Å²) in [4.78, 5) is 12.3. The molecule has 0 spiro atoms. The van der Waals surface area contributed by atoms with Crippen LogP contribution in [0.2, 0.25) is 5.02 Å². The van der Waals surface area contributed by atoms with Gasteiger partial charge in [0.2, 0.25) is 0 Å². The van der Waals surface area contributed by atoms with Crippen LogP contribution in [0.4, 0.5) is 0 Å². The number of carbonyl (C=O) groups is 1. The molecule has 19 heavy (non-hydrogen) atoms. The van der Waals surface area contributed by atoms with Gasteiger partial charge in [0.25, 0.3) is 0 Å². The third-order valence-corrected chi connectivity index (χ3v) is 5.42. The fourth-order valence-electron chi connectivity index (χ4n) is 1.47. The van der Waals surface area contributed by atoms with E-state index in [1.54, 1.807) is 24.3 Å². The zero-order valence-electron chi connectivity index (χ0n) is 10.8. The molecule has 6 heteroatoms. The molecule has 1 unspecified atom stereocenters. The van der Waals surface area contributed by atoms with Crippen molar-refractivity contribution in [2.75, 3.05) is 6.26 Å². The molecular formula is C13H14ClNO3S. The van der Waals surface area contributed by atoms with Crippen molar-refractivity contribution >= 4 is 27.2 Å². The Bertz CT molecular complexity index is 627. The molecule has 0 aliphatic heterocycles. The van der Waals surface area contributed by atoms with Gasteiger partial charge in [-0.2, -0.15) is 5.26 Å². The molecule has 0 aliphatic carbocycles. The average molecular weight is 300 g/mol. The molecule has 1 aromatic rings. The van der Waals surface area contributed by atoms with Crippen molar-refractivity contribution < 1.29 is 13.2 Å². The topological polar surface area (TPSA) is 75.0 Å². The highest BCUT2D eigenvalue weighted by Gasteiger charge is 2.42. The number of hydrogen-bond acceptors (Lipinski definition) is 4. The predicted octanol–water partition coefficient (Wildman–Crippen LogP) is 2.34. The second kappa shape index (κ2) is 5.32. The van der Waals surface area contributed by atoms with Gasteiger partial charge in [-0.05, 0) is 31.5 Å². The molecule has 0 aliphatic rings. The van der Waals surface area contributed by atoms with Crippen molar-refractivity contribution in [3.63, 3.8) is 0 Å².